The molecule has 0 fully saturated rings. The number of aryl methyl sites for hydroxylation is 2. The van der Waals surface area contributed by atoms with Gasteiger partial charge in [-0.3, -0.25) is 4.79 Å². The topological polar surface area (TPSA) is 118 Å². The second-order valence-corrected chi connectivity index (χ2v) is 6.72. The van der Waals surface area contributed by atoms with Crippen LogP contribution >= 0.6 is 0 Å². The Hall–Kier alpha value is -3.62. The van der Waals surface area contributed by atoms with E-state index in [4.69, 9.17) is 4.52 Å². The molecular weight excluding hydrogens is 393 g/mol. The molecule has 30 heavy (non-hydrogen) atoms. The summed E-state index contributed by atoms with van der Waals surface area (Å²) in [6.45, 7) is 4.30. The third-order valence-electron chi connectivity index (χ3n) is 4.76. The molecule has 0 aliphatic carbocycles. The first-order valence-electron chi connectivity index (χ1n) is 9.53. The van der Waals surface area contributed by atoms with Gasteiger partial charge in [-0.1, -0.05) is 12.1 Å². The number of anilines is 1. The number of aromatic nitrogens is 2. The Balaban J connectivity index is 1.73. The van der Waals surface area contributed by atoms with Gasteiger partial charge in [-0.15, -0.1) is 0 Å². The molecule has 0 aliphatic heterocycles. The molecule has 9 heteroatoms. The highest BCUT2D eigenvalue weighted by Gasteiger charge is 2.20. The predicted octanol–water partition coefficient (Wildman–Crippen LogP) is 3.84. The van der Waals surface area contributed by atoms with Crippen molar-refractivity contribution < 1.29 is 28.7 Å². The number of phenols is 1. The van der Waals surface area contributed by atoms with Crippen molar-refractivity contribution in [3.05, 3.63) is 53.3 Å². The molecule has 2 aromatic heterocycles. The van der Waals surface area contributed by atoms with Crippen molar-refractivity contribution in [2.75, 3.05) is 5.32 Å². The SMILES string of the molecule is CCc1c(-c2ccc(O)cc2F)noc1CCC(=O)Nc1cn(CC)cc1C(=O)O. The quantitative estimate of drug-likeness (QED) is 0.515. The lowest BCUT2D eigenvalue weighted by Gasteiger charge is -2.05. The average molecular weight is 415 g/mol. The number of halogens is 1. The van der Waals surface area contributed by atoms with Crippen molar-refractivity contribution in [2.45, 2.75) is 39.7 Å². The van der Waals surface area contributed by atoms with E-state index >= 15 is 0 Å². The fraction of sp³-hybridized carbons (Fsp3) is 0.286. The van der Waals surface area contributed by atoms with Crippen molar-refractivity contribution >= 4 is 17.6 Å². The molecule has 1 aromatic carbocycles. The maximum atomic E-state index is 14.2. The second kappa shape index (κ2) is 8.81. The Kier molecular flexibility index (Phi) is 6.20. The zero-order valence-corrected chi connectivity index (χ0v) is 16.6. The first-order chi connectivity index (χ1) is 14.3. The first kappa shape index (κ1) is 21.1. The number of benzene rings is 1. The number of aromatic hydroxyl groups is 1. The van der Waals surface area contributed by atoms with Gasteiger partial charge in [0.25, 0.3) is 0 Å². The Bertz CT molecular complexity index is 1090. The number of carboxylic acids is 1. The molecule has 3 N–H and O–H groups in total. The van der Waals surface area contributed by atoms with Crippen LogP contribution in [0.15, 0.2) is 35.1 Å². The third kappa shape index (κ3) is 4.35. The number of hydrogen-bond donors (Lipinski definition) is 3. The van der Waals surface area contributed by atoms with Gasteiger partial charge in [0.1, 0.15) is 28.6 Å². The lowest BCUT2D eigenvalue weighted by atomic mass is 10.0. The van der Waals surface area contributed by atoms with E-state index in [-0.39, 0.29) is 41.3 Å². The van der Waals surface area contributed by atoms with E-state index in [2.05, 4.69) is 10.5 Å². The van der Waals surface area contributed by atoms with E-state index in [1.807, 2.05) is 13.8 Å². The average Bonchev–Trinajstić information content (AvgIpc) is 3.30. The number of nitrogens with zero attached hydrogens (tertiary/aromatic N) is 2. The van der Waals surface area contributed by atoms with Gasteiger partial charge >= 0.3 is 5.97 Å². The van der Waals surface area contributed by atoms with Gasteiger partial charge in [-0.25, -0.2) is 9.18 Å². The maximum absolute atomic E-state index is 14.2. The molecule has 0 spiro atoms. The van der Waals surface area contributed by atoms with Crippen LogP contribution in [0.2, 0.25) is 0 Å². The minimum absolute atomic E-state index is 0.0178. The highest BCUT2D eigenvalue weighted by molar-refractivity contribution is 6.00. The number of carbonyl (C=O) groups excluding carboxylic acids is 1. The van der Waals surface area contributed by atoms with Crippen LogP contribution in [-0.2, 0) is 24.2 Å². The summed E-state index contributed by atoms with van der Waals surface area (Å²) < 4.78 is 21.2. The van der Waals surface area contributed by atoms with Crippen molar-refractivity contribution in [2.24, 2.45) is 0 Å². The van der Waals surface area contributed by atoms with Crippen LogP contribution in [0.25, 0.3) is 11.3 Å². The molecule has 0 radical (unpaired) electrons. The summed E-state index contributed by atoms with van der Waals surface area (Å²) in [7, 11) is 0. The molecular formula is C21H22FN3O5. The molecule has 0 unspecified atom stereocenters. The Morgan fingerprint density at radius 2 is 2.03 bits per heavy atom. The zero-order valence-electron chi connectivity index (χ0n) is 16.6. The first-order valence-corrected chi connectivity index (χ1v) is 9.53. The van der Waals surface area contributed by atoms with Gasteiger partial charge in [-0.2, -0.15) is 0 Å². The molecule has 0 aliphatic rings. The van der Waals surface area contributed by atoms with Gasteiger partial charge in [0.05, 0.1) is 5.69 Å². The molecule has 8 nitrogen and oxygen atoms in total. The maximum Gasteiger partial charge on any atom is 0.339 e. The van der Waals surface area contributed by atoms with Crippen molar-refractivity contribution in [3.63, 3.8) is 0 Å². The highest BCUT2D eigenvalue weighted by atomic mass is 19.1. The van der Waals surface area contributed by atoms with E-state index in [0.717, 1.165) is 6.07 Å². The molecule has 0 atom stereocenters. The van der Waals surface area contributed by atoms with Crippen molar-refractivity contribution in [1.29, 1.82) is 0 Å². The number of rotatable bonds is 8. The summed E-state index contributed by atoms with van der Waals surface area (Å²) in [6, 6.07) is 3.78. The molecule has 1 amide bonds. The van der Waals surface area contributed by atoms with E-state index in [1.54, 1.807) is 10.8 Å². The summed E-state index contributed by atoms with van der Waals surface area (Å²) >= 11 is 0. The van der Waals surface area contributed by atoms with E-state index in [0.29, 0.717) is 30.0 Å². The fourth-order valence-corrected chi connectivity index (χ4v) is 3.21. The molecule has 3 aromatic rings. The molecule has 0 bridgehead atoms. The zero-order chi connectivity index (χ0) is 21.8. The summed E-state index contributed by atoms with van der Waals surface area (Å²) in [4.78, 5) is 23.7. The molecule has 2 heterocycles. The Morgan fingerprint density at radius 1 is 1.27 bits per heavy atom. The van der Waals surface area contributed by atoms with Crippen LogP contribution in [0.3, 0.4) is 0 Å². The van der Waals surface area contributed by atoms with Gasteiger partial charge < -0.3 is 24.6 Å². The minimum Gasteiger partial charge on any atom is -0.508 e. The van der Waals surface area contributed by atoms with Gasteiger partial charge in [0, 0.05) is 49.0 Å². The summed E-state index contributed by atoms with van der Waals surface area (Å²) in [5.74, 6) is -1.85. The van der Waals surface area contributed by atoms with Crippen molar-refractivity contribution in [1.82, 2.24) is 9.72 Å². The van der Waals surface area contributed by atoms with Crippen LogP contribution < -0.4 is 5.32 Å². The van der Waals surface area contributed by atoms with Gasteiger partial charge in [0.2, 0.25) is 5.91 Å². The number of carbonyl (C=O) groups is 2. The molecule has 158 valence electrons. The fourth-order valence-electron chi connectivity index (χ4n) is 3.21. The number of hydrogen-bond acceptors (Lipinski definition) is 5. The van der Waals surface area contributed by atoms with Crippen LogP contribution in [-0.4, -0.2) is 31.8 Å². The normalized spacial score (nSPS) is 10.9. The summed E-state index contributed by atoms with van der Waals surface area (Å²) in [6.07, 6.45) is 3.80. The largest absolute Gasteiger partial charge is 0.508 e. The number of nitrogens with one attached hydrogen (secondary N) is 1. The van der Waals surface area contributed by atoms with Crippen molar-refractivity contribution in [3.8, 4) is 17.0 Å². The van der Waals surface area contributed by atoms with Gasteiger partial charge in [0.15, 0.2) is 0 Å². The highest BCUT2D eigenvalue weighted by Crippen LogP contribution is 2.30. The predicted molar refractivity (Wildman–Crippen MR) is 107 cm³/mol. The lowest BCUT2D eigenvalue weighted by molar-refractivity contribution is -0.116. The second-order valence-electron chi connectivity index (χ2n) is 6.72. The lowest BCUT2D eigenvalue weighted by Crippen LogP contribution is -2.14. The smallest absolute Gasteiger partial charge is 0.339 e. The molecule has 0 saturated heterocycles. The Labute approximate surface area is 171 Å². The van der Waals surface area contributed by atoms with Crippen LogP contribution in [0, 0.1) is 5.82 Å². The summed E-state index contributed by atoms with van der Waals surface area (Å²) in [5.41, 5.74) is 1.46. The van der Waals surface area contributed by atoms with Crippen LogP contribution in [0.1, 0.15) is 41.9 Å². The third-order valence-corrected chi connectivity index (χ3v) is 4.76. The molecule has 3 rings (SSSR count). The summed E-state index contributed by atoms with van der Waals surface area (Å²) in [5, 5.41) is 25.2. The van der Waals surface area contributed by atoms with E-state index < -0.39 is 11.8 Å². The standard InChI is InChI=1S/C21H22FN3O5/c1-3-13-18(30-24-20(13)14-6-5-12(26)9-16(14)22)7-8-19(27)23-17-11-25(4-2)10-15(17)21(28)29/h5-6,9-11,26H,3-4,7-8H2,1-2H3,(H,23,27)(H,28,29). The monoisotopic (exact) mass is 415 g/mol. The van der Waals surface area contributed by atoms with E-state index in [9.17, 15) is 24.2 Å². The number of aromatic carboxylic acids is 1. The number of phenolic OH excluding ortho intramolecular Hbond substituents is 1. The van der Waals surface area contributed by atoms with Crippen LogP contribution in [0.5, 0.6) is 5.75 Å². The van der Waals surface area contributed by atoms with Gasteiger partial charge in [-0.05, 0) is 25.5 Å². The Morgan fingerprint density at radius 3 is 2.67 bits per heavy atom. The molecule has 0 saturated carbocycles. The number of amides is 1. The minimum atomic E-state index is -1.12. The van der Waals surface area contributed by atoms with E-state index in [1.165, 1.54) is 18.3 Å². The number of carboxylic acid groups (broad SMARTS) is 1. The van der Waals surface area contributed by atoms with Crippen LogP contribution in [0.4, 0.5) is 10.1 Å².